The van der Waals surface area contributed by atoms with Gasteiger partial charge in [-0.15, -0.1) is 0 Å². The van der Waals surface area contributed by atoms with Crippen molar-refractivity contribution in [3.8, 4) is 0 Å². The monoisotopic (exact) mass is 284 g/mol. The van der Waals surface area contributed by atoms with Gasteiger partial charge in [-0.05, 0) is 25.0 Å². The minimum absolute atomic E-state index is 0.000121. The van der Waals surface area contributed by atoms with Crippen LogP contribution in [0.2, 0.25) is 0 Å². The Morgan fingerprint density at radius 1 is 1.21 bits per heavy atom. The van der Waals surface area contributed by atoms with Gasteiger partial charge in [0.1, 0.15) is 0 Å². The molecular formula is C12H20N4O2S. The minimum atomic E-state index is -3.62. The molecule has 1 saturated carbocycles. The molecule has 106 valence electrons. The summed E-state index contributed by atoms with van der Waals surface area (Å²) in [5, 5.41) is -0.0400. The van der Waals surface area contributed by atoms with Gasteiger partial charge in [0.05, 0.1) is 5.69 Å². The van der Waals surface area contributed by atoms with Gasteiger partial charge in [0, 0.05) is 12.2 Å². The summed E-state index contributed by atoms with van der Waals surface area (Å²) in [5.41, 5.74) is 2.68. The second-order valence-electron chi connectivity index (χ2n) is 4.81. The van der Waals surface area contributed by atoms with E-state index in [4.69, 9.17) is 5.84 Å². The summed E-state index contributed by atoms with van der Waals surface area (Å²) in [5.74, 6) is 5.32. The number of hydrazine groups is 1. The van der Waals surface area contributed by atoms with Crippen LogP contribution in [-0.2, 0) is 10.0 Å². The molecule has 0 spiro atoms. The molecule has 6 nitrogen and oxygen atoms in total. The lowest BCUT2D eigenvalue weighted by Gasteiger charge is -2.17. The summed E-state index contributed by atoms with van der Waals surface area (Å²) in [6.45, 7) is 0. The van der Waals surface area contributed by atoms with E-state index >= 15 is 0 Å². The van der Waals surface area contributed by atoms with Gasteiger partial charge in [0.2, 0.25) is 0 Å². The Balaban J connectivity index is 2.17. The molecule has 1 aliphatic rings. The predicted octanol–water partition coefficient (Wildman–Crippen LogP) is 1.37. The maximum absolute atomic E-state index is 12.3. The van der Waals surface area contributed by atoms with E-state index in [1.54, 1.807) is 12.1 Å². The third kappa shape index (κ3) is 3.65. The van der Waals surface area contributed by atoms with Crippen molar-refractivity contribution in [2.24, 2.45) is 5.84 Å². The standard InChI is InChI=1S/C12H20N4O2S/c13-15-11-8-5-9-14-12(11)19(17,18)16-10-6-3-1-2-4-7-10/h5,8-10,15-16H,1-4,6-7,13H2. The van der Waals surface area contributed by atoms with Crippen LogP contribution in [-0.4, -0.2) is 19.4 Å². The molecule has 0 saturated heterocycles. The molecule has 0 unspecified atom stereocenters. The van der Waals surface area contributed by atoms with E-state index < -0.39 is 10.0 Å². The van der Waals surface area contributed by atoms with Crippen molar-refractivity contribution in [1.82, 2.24) is 9.71 Å². The number of anilines is 1. The topological polar surface area (TPSA) is 97.1 Å². The summed E-state index contributed by atoms with van der Waals surface area (Å²) >= 11 is 0. The van der Waals surface area contributed by atoms with E-state index in [9.17, 15) is 8.42 Å². The largest absolute Gasteiger partial charge is 0.321 e. The number of sulfonamides is 1. The van der Waals surface area contributed by atoms with Gasteiger partial charge in [0.25, 0.3) is 10.0 Å². The molecule has 2 rings (SSSR count). The zero-order valence-electron chi connectivity index (χ0n) is 10.8. The van der Waals surface area contributed by atoms with E-state index in [1.165, 1.54) is 19.0 Å². The minimum Gasteiger partial charge on any atom is -0.321 e. The molecule has 19 heavy (non-hydrogen) atoms. The Kier molecular flexibility index (Phi) is 4.73. The Bertz CT molecular complexity index is 510. The summed E-state index contributed by atoms with van der Waals surface area (Å²) in [7, 11) is -3.62. The van der Waals surface area contributed by atoms with Gasteiger partial charge in [0.15, 0.2) is 5.03 Å². The van der Waals surface area contributed by atoms with Crippen molar-refractivity contribution < 1.29 is 8.42 Å². The van der Waals surface area contributed by atoms with Crippen LogP contribution in [0.5, 0.6) is 0 Å². The lowest BCUT2D eigenvalue weighted by molar-refractivity contribution is 0.508. The van der Waals surface area contributed by atoms with Gasteiger partial charge in [-0.25, -0.2) is 18.1 Å². The van der Waals surface area contributed by atoms with Crippen molar-refractivity contribution in [1.29, 1.82) is 0 Å². The van der Waals surface area contributed by atoms with Gasteiger partial charge in [-0.3, -0.25) is 5.84 Å². The summed E-state index contributed by atoms with van der Waals surface area (Å²) < 4.78 is 27.4. The third-order valence-electron chi connectivity index (χ3n) is 3.36. The smallest absolute Gasteiger partial charge is 0.260 e. The number of aromatic nitrogens is 1. The number of nitrogen functional groups attached to an aromatic ring is 1. The molecule has 1 heterocycles. The summed E-state index contributed by atoms with van der Waals surface area (Å²) in [4.78, 5) is 3.92. The fourth-order valence-corrected chi connectivity index (χ4v) is 3.79. The van der Waals surface area contributed by atoms with Crippen LogP contribution >= 0.6 is 0 Å². The van der Waals surface area contributed by atoms with Gasteiger partial charge < -0.3 is 5.43 Å². The lowest BCUT2D eigenvalue weighted by atomic mass is 10.1. The molecule has 0 atom stereocenters. The average molecular weight is 284 g/mol. The molecule has 1 aromatic rings. The second-order valence-corrected chi connectivity index (χ2v) is 6.44. The highest BCUT2D eigenvalue weighted by Gasteiger charge is 2.24. The predicted molar refractivity (Wildman–Crippen MR) is 73.9 cm³/mol. The van der Waals surface area contributed by atoms with Crippen molar-refractivity contribution in [2.45, 2.75) is 49.6 Å². The fraction of sp³-hybridized carbons (Fsp3) is 0.583. The molecule has 0 aromatic carbocycles. The quantitative estimate of drug-likeness (QED) is 0.441. The number of rotatable bonds is 4. The van der Waals surface area contributed by atoms with Crippen LogP contribution in [0, 0.1) is 0 Å². The molecule has 0 amide bonds. The van der Waals surface area contributed by atoms with Gasteiger partial charge >= 0.3 is 0 Å². The molecule has 7 heteroatoms. The van der Waals surface area contributed by atoms with Gasteiger partial charge in [-0.2, -0.15) is 0 Å². The summed E-state index contributed by atoms with van der Waals surface area (Å²) in [6, 6.07) is 3.23. The number of nitrogens with one attached hydrogen (secondary N) is 2. The first-order valence-corrected chi connectivity index (χ1v) is 8.06. The van der Waals surface area contributed by atoms with E-state index in [1.807, 2.05) is 0 Å². The lowest BCUT2D eigenvalue weighted by Crippen LogP contribution is -2.35. The van der Waals surface area contributed by atoms with Crippen LogP contribution in [0.15, 0.2) is 23.4 Å². The van der Waals surface area contributed by atoms with Crippen molar-refractivity contribution in [3.63, 3.8) is 0 Å². The van der Waals surface area contributed by atoms with Crippen molar-refractivity contribution in [2.75, 3.05) is 5.43 Å². The van der Waals surface area contributed by atoms with Crippen LogP contribution in [0.4, 0.5) is 5.69 Å². The van der Waals surface area contributed by atoms with Crippen LogP contribution < -0.4 is 16.0 Å². The second kappa shape index (κ2) is 6.31. The fourth-order valence-electron chi connectivity index (χ4n) is 2.39. The maximum atomic E-state index is 12.3. The first-order chi connectivity index (χ1) is 9.13. The molecule has 0 aliphatic heterocycles. The van der Waals surface area contributed by atoms with E-state index in [0.717, 1.165) is 25.7 Å². The van der Waals surface area contributed by atoms with E-state index in [2.05, 4.69) is 15.1 Å². The Morgan fingerprint density at radius 3 is 2.53 bits per heavy atom. The van der Waals surface area contributed by atoms with E-state index in [-0.39, 0.29) is 11.1 Å². The Hall–Kier alpha value is -1.18. The molecule has 1 aromatic heterocycles. The average Bonchev–Trinajstić information content (AvgIpc) is 2.67. The molecule has 0 bridgehead atoms. The SMILES string of the molecule is NNc1cccnc1S(=O)(=O)NC1CCCCCC1. The third-order valence-corrected chi connectivity index (χ3v) is 4.84. The molecular weight excluding hydrogens is 264 g/mol. The molecule has 0 radical (unpaired) electrons. The molecule has 1 fully saturated rings. The normalized spacial score (nSPS) is 17.9. The maximum Gasteiger partial charge on any atom is 0.260 e. The first kappa shape index (κ1) is 14.2. The Labute approximate surface area is 113 Å². The van der Waals surface area contributed by atoms with Crippen LogP contribution in [0.25, 0.3) is 0 Å². The zero-order chi connectivity index (χ0) is 13.7. The van der Waals surface area contributed by atoms with Crippen molar-refractivity contribution in [3.05, 3.63) is 18.3 Å². The zero-order valence-corrected chi connectivity index (χ0v) is 11.6. The highest BCUT2D eigenvalue weighted by Crippen LogP contribution is 2.21. The number of nitrogens with zero attached hydrogens (tertiary/aromatic N) is 1. The number of hydrogen-bond acceptors (Lipinski definition) is 5. The van der Waals surface area contributed by atoms with E-state index in [0.29, 0.717) is 5.69 Å². The van der Waals surface area contributed by atoms with Gasteiger partial charge in [-0.1, -0.05) is 25.7 Å². The Morgan fingerprint density at radius 2 is 1.89 bits per heavy atom. The highest BCUT2D eigenvalue weighted by atomic mass is 32.2. The highest BCUT2D eigenvalue weighted by molar-refractivity contribution is 7.89. The molecule has 4 N–H and O–H groups in total. The summed E-state index contributed by atoms with van der Waals surface area (Å²) in [6.07, 6.45) is 7.71. The van der Waals surface area contributed by atoms with Crippen LogP contribution in [0.3, 0.4) is 0 Å². The van der Waals surface area contributed by atoms with Crippen molar-refractivity contribution >= 4 is 15.7 Å². The number of hydrogen-bond donors (Lipinski definition) is 3. The first-order valence-electron chi connectivity index (χ1n) is 6.57. The molecule has 1 aliphatic carbocycles. The number of nitrogens with two attached hydrogens (primary N) is 1. The van der Waals surface area contributed by atoms with Crippen LogP contribution in [0.1, 0.15) is 38.5 Å². The number of pyridine rings is 1.